The van der Waals surface area contributed by atoms with E-state index in [1.54, 1.807) is 12.1 Å². The van der Waals surface area contributed by atoms with Crippen LogP contribution in [0, 0.1) is 6.92 Å². The summed E-state index contributed by atoms with van der Waals surface area (Å²) in [6.45, 7) is 3.52. The third-order valence-electron chi connectivity index (χ3n) is 3.81. The zero-order valence-electron chi connectivity index (χ0n) is 14.6. The average molecular weight is 403 g/mol. The highest BCUT2D eigenvalue weighted by Gasteiger charge is 2.09. The molecule has 0 atom stereocenters. The summed E-state index contributed by atoms with van der Waals surface area (Å²) >= 11 is 3.38. The molecule has 0 aliphatic rings. The van der Waals surface area contributed by atoms with Crippen LogP contribution >= 0.6 is 15.9 Å². The molecule has 0 saturated carbocycles. The molecular weight excluding hydrogens is 380 g/mol. The summed E-state index contributed by atoms with van der Waals surface area (Å²) in [5.41, 5.74) is 3.76. The van der Waals surface area contributed by atoms with Crippen molar-refractivity contribution < 1.29 is 9.59 Å². The van der Waals surface area contributed by atoms with Crippen molar-refractivity contribution in [2.24, 2.45) is 0 Å². The van der Waals surface area contributed by atoms with Gasteiger partial charge in [-0.25, -0.2) is 0 Å². The molecular formula is C20H23BrN2O2. The Labute approximate surface area is 157 Å². The van der Waals surface area contributed by atoms with Crippen molar-refractivity contribution in [2.45, 2.75) is 39.5 Å². The molecule has 0 saturated heterocycles. The van der Waals surface area contributed by atoms with Crippen molar-refractivity contribution in [3.63, 3.8) is 0 Å². The first kappa shape index (κ1) is 19.2. The second kappa shape index (κ2) is 9.37. The van der Waals surface area contributed by atoms with E-state index in [2.05, 4.69) is 57.8 Å². The molecule has 0 unspecified atom stereocenters. The van der Waals surface area contributed by atoms with Crippen LogP contribution in [0.4, 0.5) is 11.4 Å². The predicted octanol–water partition coefficient (Wildman–Crippen LogP) is 5.07. The van der Waals surface area contributed by atoms with Gasteiger partial charge in [-0.15, -0.1) is 0 Å². The summed E-state index contributed by atoms with van der Waals surface area (Å²) < 4.78 is 0.844. The molecule has 0 aromatic heterocycles. The van der Waals surface area contributed by atoms with Gasteiger partial charge in [-0.1, -0.05) is 45.8 Å². The van der Waals surface area contributed by atoms with E-state index in [1.165, 1.54) is 18.1 Å². The second-order valence-electron chi connectivity index (χ2n) is 6.11. The van der Waals surface area contributed by atoms with Gasteiger partial charge in [0, 0.05) is 17.8 Å². The first-order valence-corrected chi connectivity index (χ1v) is 9.16. The van der Waals surface area contributed by atoms with E-state index in [1.807, 2.05) is 6.07 Å². The van der Waals surface area contributed by atoms with Gasteiger partial charge < -0.3 is 10.6 Å². The lowest BCUT2D eigenvalue weighted by molar-refractivity contribution is -0.116. The summed E-state index contributed by atoms with van der Waals surface area (Å²) in [6.07, 6.45) is 3.22. The fourth-order valence-corrected chi connectivity index (χ4v) is 2.86. The van der Waals surface area contributed by atoms with Crippen molar-refractivity contribution in [1.82, 2.24) is 0 Å². The number of hydrogen-bond donors (Lipinski definition) is 2. The Balaban J connectivity index is 1.82. The zero-order valence-corrected chi connectivity index (χ0v) is 16.2. The number of rotatable bonds is 7. The molecule has 0 radical (unpaired) electrons. The largest absolute Gasteiger partial charge is 0.325 e. The Kier molecular flexibility index (Phi) is 7.19. The number of carbonyl (C=O) groups is 2. The smallest absolute Gasteiger partial charge is 0.224 e. The predicted molar refractivity (Wildman–Crippen MR) is 106 cm³/mol. The lowest BCUT2D eigenvalue weighted by Gasteiger charge is -2.12. The summed E-state index contributed by atoms with van der Waals surface area (Å²) in [6, 6.07) is 13.9. The lowest BCUT2D eigenvalue weighted by Crippen LogP contribution is -2.14. The maximum Gasteiger partial charge on any atom is 0.224 e. The number of anilines is 2. The standard InChI is InChI=1S/C20H23BrN2O2/c1-14-7-9-16(10-8-14)5-3-4-6-20(25)23-19-13-17(21)11-12-18(19)22-15(2)24/h7-13H,3-6H2,1-2H3,(H,22,24)(H,23,25). The van der Waals surface area contributed by atoms with E-state index in [0.717, 1.165) is 23.7 Å². The molecule has 2 amide bonds. The zero-order chi connectivity index (χ0) is 18.2. The third-order valence-corrected chi connectivity index (χ3v) is 4.30. The number of benzene rings is 2. The Morgan fingerprint density at radius 1 is 0.960 bits per heavy atom. The van der Waals surface area contributed by atoms with E-state index in [9.17, 15) is 9.59 Å². The van der Waals surface area contributed by atoms with Crippen molar-refractivity contribution in [3.05, 3.63) is 58.1 Å². The molecule has 5 heteroatoms. The molecule has 2 N–H and O–H groups in total. The maximum atomic E-state index is 12.2. The Hall–Kier alpha value is -2.14. The van der Waals surface area contributed by atoms with E-state index < -0.39 is 0 Å². The summed E-state index contributed by atoms with van der Waals surface area (Å²) in [5, 5.41) is 5.60. The first-order valence-electron chi connectivity index (χ1n) is 8.36. The fourth-order valence-electron chi connectivity index (χ4n) is 2.50. The lowest BCUT2D eigenvalue weighted by atomic mass is 10.1. The molecule has 25 heavy (non-hydrogen) atoms. The van der Waals surface area contributed by atoms with Crippen LogP contribution in [0.3, 0.4) is 0 Å². The van der Waals surface area contributed by atoms with Crippen LogP contribution in [0.1, 0.15) is 37.3 Å². The third kappa shape index (κ3) is 6.70. The molecule has 0 fully saturated rings. The van der Waals surface area contributed by atoms with Gasteiger partial charge in [0.25, 0.3) is 0 Å². The Morgan fingerprint density at radius 3 is 2.36 bits per heavy atom. The molecule has 2 aromatic carbocycles. The number of hydrogen-bond acceptors (Lipinski definition) is 2. The monoisotopic (exact) mass is 402 g/mol. The minimum atomic E-state index is -0.170. The van der Waals surface area contributed by atoms with E-state index in [-0.39, 0.29) is 11.8 Å². The van der Waals surface area contributed by atoms with Gasteiger partial charge in [-0.05, 0) is 49.9 Å². The first-order chi connectivity index (χ1) is 11.9. The number of aryl methyl sites for hydroxylation is 2. The van der Waals surface area contributed by atoms with E-state index >= 15 is 0 Å². The molecule has 0 heterocycles. The molecule has 0 spiro atoms. The fraction of sp³-hybridized carbons (Fsp3) is 0.300. The molecule has 0 bridgehead atoms. The summed E-state index contributed by atoms with van der Waals surface area (Å²) in [7, 11) is 0. The average Bonchev–Trinajstić information content (AvgIpc) is 2.55. The van der Waals surface area contributed by atoms with Crippen molar-refractivity contribution in [3.8, 4) is 0 Å². The highest BCUT2D eigenvalue weighted by molar-refractivity contribution is 9.10. The topological polar surface area (TPSA) is 58.2 Å². The van der Waals surface area contributed by atoms with Crippen LogP contribution < -0.4 is 10.6 Å². The normalized spacial score (nSPS) is 10.4. The molecule has 2 rings (SSSR count). The van der Waals surface area contributed by atoms with E-state index in [4.69, 9.17) is 0 Å². The van der Waals surface area contributed by atoms with Crippen molar-refractivity contribution in [1.29, 1.82) is 0 Å². The van der Waals surface area contributed by atoms with Crippen LogP contribution in [0.15, 0.2) is 46.9 Å². The van der Waals surface area contributed by atoms with Crippen LogP contribution in [0.5, 0.6) is 0 Å². The highest BCUT2D eigenvalue weighted by Crippen LogP contribution is 2.26. The van der Waals surface area contributed by atoms with Crippen molar-refractivity contribution >= 4 is 39.1 Å². The maximum absolute atomic E-state index is 12.2. The quantitative estimate of drug-likeness (QED) is 0.635. The minimum Gasteiger partial charge on any atom is -0.325 e. The van der Waals surface area contributed by atoms with Gasteiger partial charge in [0.1, 0.15) is 0 Å². The number of nitrogens with one attached hydrogen (secondary N) is 2. The molecule has 0 aliphatic heterocycles. The minimum absolute atomic E-state index is 0.0476. The van der Waals surface area contributed by atoms with Gasteiger partial charge in [-0.3, -0.25) is 9.59 Å². The highest BCUT2D eigenvalue weighted by atomic mass is 79.9. The SMILES string of the molecule is CC(=O)Nc1ccc(Br)cc1NC(=O)CCCCc1ccc(C)cc1. The second-order valence-corrected chi connectivity index (χ2v) is 7.03. The van der Waals surface area contributed by atoms with Gasteiger partial charge in [0.15, 0.2) is 0 Å². The van der Waals surface area contributed by atoms with Gasteiger partial charge in [-0.2, -0.15) is 0 Å². The molecule has 0 aliphatic carbocycles. The van der Waals surface area contributed by atoms with E-state index in [0.29, 0.717) is 17.8 Å². The Morgan fingerprint density at radius 2 is 1.68 bits per heavy atom. The number of halogens is 1. The number of carbonyl (C=O) groups excluding carboxylic acids is 2. The van der Waals surface area contributed by atoms with Crippen LogP contribution in [0.2, 0.25) is 0 Å². The number of unbranched alkanes of at least 4 members (excludes halogenated alkanes) is 1. The van der Waals surface area contributed by atoms with Crippen LogP contribution in [0.25, 0.3) is 0 Å². The summed E-state index contributed by atoms with van der Waals surface area (Å²) in [5.74, 6) is -0.218. The molecule has 4 nitrogen and oxygen atoms in total. The molecule has 132 valence electrons. The van der Waals surface area contributed by atoms with Crippen molar-refractivity contribution in [2.75, 3.05) is 10.6 Å². The van der Waals surface area contributed by atoms with Gasteiger partial charge in [0.2, 0.25) is 11.8 Å². The van der Waals surface area contributed by atoms with Gasteiger partial charge >= 0.3 is 0 Å². The van der Waals surface area contributed by atoms with Crippen LogP contribution in [-0.4, -0.2) is 11.8 Å². The summed E-state index contributed by atoms with van der Waals surface area (Å²) in [4.78, 5) is 23.4. The Bertz CT molecular complexity index is 742. The number of amides is 2. The van der Waals surface area contributed by atoms with Crippen LogP contribution in [-0.2, 0) is 16.0 Å². The molecule has 2 aromatic rings. The van der Waals surface area contributed by atoms with Gasteiger partial charge in [0.05, 0.1) is 11.4 Å².